The first kappa shape index (κ1) is 91.9. The molecule has 0 radical (unpaired) electrons. The molecule has 6 aromatic heterocycles. The molecule has 0 fully saturated rings. The van der Waals surface area contributed by atoms with Crippen molar-refractivity contribution in [3.05, 3.63) is 531 Å². The third kappa shape index (κ3) is 25.0. The van der Waals surface area contributed by atoms with Gasteiger partial charge in [0, 0.05) is 94.7 Å². The molecule has 6 heterocycles. The van der Waals surface area contributed by atoms with Gasteiger partial charge in [-0.2, -0.15) is 0 Å². The lowest BCUT2D eigenvalue weighted by Crippen LogP contribution is -1.95. The predicted molar refractivity (Wildman–Crippen MR) is 568 cm³/mol. The van der Waals surface area contributed by atoms with E-state index in [1.165, 1.54) is 27.8 Å². The van der Waals surface area contributed by atoms with Gasteiger partial charge in [-0.1, -0.05) is 465 Å². The van der Waals surface area contributed by atoms with Crippen molar-refractivity contribution < 1.29 is 0 Å². The standard InChI is InChI=1S/4C23H18N2.2C17H14N2/c2*1-17-9-8-14-20(15-17)22-16-21(18-10-4-2-5-11-18)24-23(25-22)19-12-6-3-7-13-19;2*1-17-12-14-19(15-13-17)22-16-21(18-8-4-2-5-9-18)24-23(25-22)20-10-6-3-7-11-20;1-13-12-16(14-8-4-2-5-9-14)19-17(18-13)15-10-6-3-7-11-15;1-13-6-5-9-15(10-13)17-11-16(18-12-19-17)14-7-3-2-4-8-14/h4*2-16H,1H3;2*2-12H,1H3. The van der Waals surface area contributed by atoms with Crippen molar-refractivity contribution >= 4 is 0 Å². The van der Waals surface area contributed by atoms with Gasteiger partial charge in [-0.3, -0.25) is 0 Å². The second kappa shape index (κ2) is 45.9. The topological polar surface area (TPSA) is 155 Å². The number of hydrogen-bond acceptors (Lipinski definition) is 12. The van der Waals surface area contributed by atoms with Crippen LogP contribution in [0.25, 0.3) is 181 Å². The van der Waals surface area contributed by atoms with Crippen LogP contribution < -0.4 is 0 Å². The van der Waals surface area contributed by atoms with E-state index < -0.39 is 0 Å². The summed E-state index contributed by atoms with van der Waals surface area (Å²) in [5.74, 6) is 3.77. The highest BCUT2D eigenvalue weighted by molar-refractivity contribution is 5.78. The molecule has 0 bridgehead atoms. The van der Waals surface area contributed by atoms with Crippen LogP contribution >= 0.6 is 0 Å². The molecule has 0 aliphatic carbocycles. The monoisotopic (exact) mass is 1780 g/mol. The molecule has 0 spiro atoms. The highest BCUT2D eigenvalue weighted by Gasteiger charge is 2.17. The third-order valence-electron chi connectivity index (χ3n) is 22.6. The minimum Gasteiger partial charge on any atom is -0.236 e. The van der Waals surface area contributed by atoms with Gasteiger partial charge in [-0.05, 0) is 96.1 Å². The zero-order valence-corrected chi connectivity index (χ0v) is 77.7. The Hall–Kier alpha value is -18.0. The molecule has 0 unspecified atom stereocenters. The Morgan fingerprint density at radius 3 is 0.514 bits per heavy atom. The van der Waals surface area contributed by atoms with E-state index in [4.69, 9.17) is 39.9 Å². The van der Waals surface area contributed by atoms with Crippen LogP contribution in [0.1, 0.15) is 33.5 Å². The smallest absolute Gasteiger partial charge is 0.160 e. The number of aromatic nitrogens is 12. The average molecular weight is 1780 g/mol. The average Bonchev–Trinajstić information content (AvgIpc) is 0.828. The largest absolute Gasteiger partial charge is 0.236 e. The SMILES string of the molecule is Cc1cc(-c2ccccc2)nc(-c2ccccc2)n1.Cc1ccc(-c2cc(-c3ccccc3)nc(-c3ccccc3)n2)cc1.Cc1ccc(-c2cc(-c3ccccc3)nc(-c3ccccc3)n2)cc1.Cc1cccc(-c2cc(-c3ccccc3)nc(-c3ccccc3)n2)c1.Cc1cccc(-c2cc(-c3ccccc3)nc(-c3ccccc3)n2)c1.Cc1cccc(-c2cc(-c3ccccc3)ncn2)c1. The Morgan fingerprint density at radius 1 is 0.116 bits per heavy atom. The molecule has 22 rings (SSSR count). The molecule has 12 nitrogen and oxygen atoms in total. The van der Waals surface area contributed by atoms with Crippen molar-refractivity contribution in [2.75, 3.05) is 0 Å². The highest BCUT2D eigenvalue weighted by atomic mass is 14.9. The highest BCUT2D eigenvalue weighted by Crippen LogP contribution is 2.35. The summed E-state index contributed by atoms with van der Waals surface area (Å²) in [6.45, 7) is 12.5. The van der Waals surface area contributed by atoms with E-state index in [9.17, 15) is 0 Å². The second-order valence-electron chi connectivity index (χ2n) is 33.2. The minimum absolute atomic E-state index is 0.748. The Balaban J connectivity index is 0.000000115. The number of aryl methyl sites for hydroxylation is 6. The Labute approximate surface area is 807 Å². The molecule has 22 aromatic rings. The fourth-order valence-electron chi connectivity index (χ4n) is 15.5. The maximum absolute atomic E-state index is 4.83. The van der Waals surface area contributed by atoms with Gasteiger partial charge in [0.1, 0.15) is 6.33 Å². The Morgan fingerprint density at radius 2 is 0.283 bits per heavy atom. The molecule has 12 heteroatoms. The van der Waals surface area contributed by atoms with Crippen LogP contribution in [0, 0.1) is 41.5 Å². The van der Waals surface area contributed by atoms with Crippen molar-refractivity contribution in [1.82, 2.24) is 59.8 Å². The van der Waals surface area contributed by atoms with Gasteiger partial charge in [0.15, 0.2) is 29.1 Å². The van der Waals surface area contributed by atoms with Crippen LogP contribution in [0.5, 0.6) is 0 Å². The first-order valence-electron chi connectivity index (χ1n) is 46.0. The molecule has 16 aromatic carbocycles. The molecule has 0 saturated carbocycles. The number of nitrogens with zero attached hydrogens (tertiary/aromatic N) is 12. The van der Waals surface area contributed by atoms with Gasteiger partial charge in [-0.25, -0.2) is 59.8 Å². The maximum Gasteiger partial charge on any atom is 0.160 e. The second-order valence-corrected chi connectivity index (χ2v) is 33.2. The quantitative estimate of drug-likeness (QED) is 0.0904. The molecule has 0 saturated heterocycles. The lowest BCUT2D eigenvalue weighted by atomic mass is 10.1. The predicted octanol–water partition coefficient (Wildman–Crippen LogP) is 31.4. The van der Waals surface area contributed by atoms with Crippen LogP contribution in [-0.4, -0.2) is 59.8 Å². The van der Waals surface area contributed by atoms with Gasteiger partial charge in [0.05, 0.1) is 62.6 Å². The van der Waals surface area contributed by atoms with E-state index in [1.54, 1.807) is 6.33 Å². The summed E-state index contributed by atoms with van der Waals surface area (Å²) in [5.41, 5.74) is 34.8. The summed E-state index contributed by atoms with van der Waals surface area (Å²) >= 11 is 0. The van der Waals surface area contributed by atoms with Gasteiger partial charge in [0.2, 0.25) is 0 Å². The van der Waals surface area contributed by atoms with Crippen LogP contribution in [0.4, 0.5) is 0 Å². The van der Waals surface area contributed by atoms with Crippen molar-refractivity contribution in [3.8, 4) is 181 Å². The Kier molecular flexibility index (Phi) is 30.6. The van der Waals surface area contributed by atoms with E-state index in [-0.39, 0.29) is 0 Å². The summed E-state index contributed by atoms with van der Waals surface area (Å²) in [6, 6.07) is 166. The van der Waals surface area contributed by atoms with E-state index in [2.05, 4.69) is 273 Å². The summed E-state index contributed by atoms with van der Waals surface area (Å²) < 4.78 is 0. The van der Waals surface area contributed by atoms with E-state index >= 15 is 0 Å². The molecule has 0 atom stereocenters. The summed E-state index contributed by atoms with van der Waals surface area (Å²) in [5, 5.41) is 0. The van der Waals surface area contributed by atoms with Gasteiger partial charge >= 0.3 is 0 Å². The maximum atomic E-state index is 4.83. The van der Waals surface area contributed by atoms with Crippen LogP contribution in [0.15, 0.2) is 498 Å². The number of hydrogen-bond donors (Lipinski definition) is 0. The van der Waals surface area contributed by atoms with Gasteiger partial charge in [-0.15, -0.1) is 0 Å². The molecule has 0 N–H and O–H groups in total. The van der Waals surface area contributed by atoms with Crippen molar-refractivity contribution in [2.45, 2.75) is 41.5 Å². The van der Waals surface area contributed by atoms with Crippen molar-refractivity contribution in [2.24, 2.45) is 0 Å². The summed E-state index contributed by atoms with van der Waals surface area (Å²) in [6.07, 6.45) is 1.62. The zero-order valence-electron chi connectivity index (χ0n) is 77.7. The summed E-state index contributed by atoms with van der Waals surface area (Å²) in [7, 11) is 0. The molecule has 0 aliphatic heterocycles. The fourth-order valence-corrected chi connectivity index (χ4v) is 15.5. The first-order chi connectivity index (χ1) is 67.8. The van der Waals surface area contributed by atoms with Crippen molar-refractivity contribution in [1.29, 1.82) is 0 Å². The zero-order chi connectivity index (χ0) is 94.4. The van der Waals surface area contributed by atoms with E-state index in [1.807, 2.05) is 280 Å². The Bertz CT molecular complexity index is 7050. The number of rotatable bonds is 16. The molecule has 138 heavy (non-hydrogen) atoms. The van der Waals surface area contributed by atoms with E-state index in [0.29, 0.717) is 0 Å². The van der Waals surface area contributed by atoms with Crippen LogP contribution in [0.3, 0.4) is 0 Å². The summed E-state index contributed by atoms with van der Waals surface area (Å²) in [4.78, 5) is 56.4. The van der Waals surface area contributed by atoms with Gasteiger partial charge in [0.25, 0.3) is 0 Å². The number of benzene rings is 16. The molecule has 0 amide bonds. The molecular formula is C126H100N12. The third-order valence-corrected chi connectivity index (χ3v) is 22.6. The minimum atomic E-state index is 0.748. The van der Waals surface area contributed by atoms with Crippen LogP contribution in [0.2, 0.25) is 0 Å². The van der Waals surface area contributed by atoms with E-state index in [0.717, 1.165) is 186 Å². The molecule has 664 valence electrons. The molecular weight excluding hydrogens is 1680 g/mol. The normalized spacial score (nSPS) is 10.5. The van der Waals surface area contributed by atoms with Gasteiger partial charge < -0.3 is 0 Å². The fraction of sp³-hybridized carbons (Fsp3) is 0.0476. The van der Waals surface area contributed by atoms with Crippen molar-refractivity contribution in [3.63, 3.8) is 0 Å². The lowest BCUT2D eigenvalue weighted by molar-refractivity contribution is 1.11. The lowest BCUT2D eigenvalue weighted by Gasteiger charge is -2.09. The molecule has 0 aliphatic rings. The first-order valence-corrected chi connectivity index (χ1v) is 46.0. The van der Waals surface area contributed by atoms with Crippen LogP contribution in [-0.2, 0) is 0 Å².